The second-order valence-electron chi connectivity index (χ2n) is 7.26. The number of nitrogens with zero attached hydrogens (tertiary/aromatic N) is 2. The molecule has 3 nitrogen and oxygen atoms in total. The highest BCUT2D eigenvalue weighted by atomic mass is 19.1. The topological polar surface area (TPSA) is 37.8 Å². The quantitative estimate of drug-likeness (QED) is 0.537. The van der Waals surface area contributed by atoms with Crippen molar-refractivity contribution in [2.75, 3.05) is 6.54 Å². The van der Waals surface area contributed by atoms with Gasteiger partial charge in [0.25, 0.3) is 0 Å². The van der Waals surface area contributed by atoms with E-state index in [1.165, 1.54) is 17.2 Å². The Bertz CT molecular complexity index is 1140. The summed E-state index contributed by atoms with van der Waals surface area (Å²) >= 11 is 0. The van der Waals surface area contributed by atoms with Crippen LogP contribution < -0.4 is 5.32 Å². The van der Waals surface area contributed by atoms with Gasteiger partial charge in [-0.2, -0.15) is 10.2 Å². The third-order valence-electron chi connectivity index (χ3n) is 5.57. The molecule has 3 aromatic carbocycles. The van der Waals surface area contributed by atoms with Gasteiger partial charge in [0, 0.05) is 29.6 Å². The largest absolute Gasteiger partial charge is 0.313 e. The highest BCUT2D eigenvalue weighted by molar-refractivity contribution is 5.84. The van der Waals surface area contributed by atoms with Crippen LogP contribution >= 0.6 is 0 Å². The molecule has 0 aliphatic carbocycles. The van der Waals surface area contributed by atoms with Crippen molar-refractivity contribution in [2.45, 2.75) is 18.9 Å². The van der Waals surface area contributed by atoms with Crippen molar-refractivity contribution >= 4 is 10.8 Å². The van der Waals surface area contributed by atoms with Crippen LogP contribution in [0.4, 0.5) is 4.39 Å². The zero-order chi connectivity index (χ0) is 18.9. The lowest BCUT2D eigenvalue weighted by Gasteiger charge is -2.19. The van der Waals surface area contributed by atoms with E-state index in [0.29, 0.717) is 5.39 Å². The highest BCUT2D eigenvalue weighted by Crippen LogP contribution is 2.35. The first-order valence-electron chi connectivity index (χ1n) is 9.59. The molecule has 1 atom stereocenters. The third kappa shape index (κ3) is 3.06. The summed E-state index contributed by atoms with van der Waals surface area (Å²) in [6, 6.07) is 21.8. The van der Waals surface area contributed by atoms with Crippen molar-refractivity contribution in [1.29, 1.82) is 0 Å². The highest BCUT2D eigenvalue weighted by Gasteiger charge is 2.21. The van der Waals surface area contributed by atoms with Crippen LogP contribution in [0.15, 0.2) is 72.9 Å². The summed E-state index contributed by atoms with van der Waals surface area (Å²) in [5.74, 6) is 0.0780. The summed E-state index contributed by atoms with van der Waals surface area (Å²) in [5, 5.41) is 13.4. The first kappa shape index (κ1) is 17.0. The van der Waals surface area contributed by atoms with Crippen LogP contribution in [0.3, 0.4) is 0 Å². The van der Waals surface area contributed by atoms with Crippen LogP contribution in [0, 0.1) is 5.82 Å². The Labute approximate surface area is 163 Å². The molecule has 0 saturated carbocycles. The fourth-order valence-electron chi connectivity index (χ4n) is 4.15. The average molecular weight is 369 g/mol. The molecule has 1 N–H and O–H groups in total. The fourth-order valence-corrected chi connectivity index (χ4v) is 4.15. The molecule has 1 aromatic heterocycles. The molecule has 0 bridgehead atoms. The van der Waals surface area contributed by atoms with Crippen molar-refractivity contribution < 1.29 is 4.39 Å². The maximum absolute atomic E-state index is 14.3. The molecular weight excluding hydrogens is 349 g/mol. The van der Waals surface area contributed by atoms with Crippen molar-refractivity contribution in [3.8, 4) is 11.3 Å². The predicted molar refractivity (Wildman–Crippen MR) is 110 cm³/mol. The van der Waals surface area contributed by atoms with Crippen LogP contribution in [-0.2, 0) is 6.54 Å². The summed E-state index contributed by atoms with van der Waals surface area (Å²) in [5.41, 5.74) is 5.67. The van der Waals surface area contributed by atoms with E-state index in [4.69, 9.17) is 0 Å². The van der Waals surface area contributed by atoms with Gasteiger partial charge in [-0.1, -0.05) is 36.4 Å². The normalized spacial score (nSPS) is 16.5. The number of fused-ring (bicyclic) bond motifs is 2. The number of rotatable bonds is 2. The van der Waals surface area contributed by atoms with Crippen LogP contribution in [0.5, 0.6) is 0 Å². The van der Waals surface area contributed by atoms with Gasteiger partial charge in [-0.3, -0.25) is 0 Å². The molecule has 4 heteroatoms. The summed E-state index contributed by atoms with van der Waals surface area (Å²) in [7, 11) is 0. The van der Waals surface area contributed by atoms with Crippen molar-refractivity contribution in [2.24, 2.45) is 0 Å². The van der Waals surface area contributed by atoms with Crippen LogP contribution in [0.1, 0.15) is 29.0 Å². The second kappa shape index (κ2) is 7.13. The summed E-state index contributed by atoms with van der Waals surface area (Å²) in [4.78, 5) is 0. The summed E-state index contributed by atoms with van der Waals surface area (Å²) in [6.07, 6.45) is 2.67. The summed E-state index contributed by atoms with van der Waals surface area (Å²) < 4.78 is 14.3. The van der Waals surface area contributed by atoms with E-state index in [0.717, 1.165) is 41.7 Å². The molecule has 0 saturated heterocycles. The number of hydrogen-bond acceptors (Lipinski definition) is 3. The van der Waals surface area contributed by atoms with Gasteiger partial charge in [-0.25, -0.2) is 4.39 Å². The van der Waals surface area contributed by atoms with Gasteiger partial charge in [-0.05, 0) is 65.4 Å². The van der Waals surface area contributed by atoms with Gasteiger partial charge < -0.3 is 5.32 Å². The molecule has 1 aliphatic heterocycles. The lowest BCUT2D eigenvalue weighted by molar-refractivity contribution is 0.637. The first-order chi connectivity index (χ1) is 13.8. The van der Waals surface area contributed by atoms with Crippen molar-refractivity contribution in [3.63, 3.8) is 0 Å². The molecule has 0 amide bonds. The van der Waals surface area contributed by atoms with Crippen molar-refractivity contribution in [3.05, 3.63) is 95.4 Å². The SMILES string of the molecule is Fc1cccc2ccc(C3CCNCc4cc(-c5cccnn5)ccc43)cc12. The Kier molecular flexibility index (Phi) is 4.34. The molecule has 4 aromatic rings. The molecule has 28 heavy (non-hydrogen) atoms. The van der Waals surface area contributed by atoms with Gasteiger partial charge in [0.1, 0.15) is 5.82 Å². The minimum atomic E-state index is -0.163. The number of benzene rings is 3. The lowest BCUT2D eigenvalue weighted by atomic mass is 9.85. The monoisotopic (exact) mass is 369 g/mol. The van der Waals surface area contributed by atoms with Crippen molar-refractivity contribution in [1.82, 2.24) is 15.5 Å². The van der Waals surface area contributed by atoms with Crippen LogP contribution in [-0.4, -0.2) is 16.7 Å². The van der Waals surface area contributed by atoms with E-state index >= 15 is 0 Å². The van der Waals surface area contributed by atoms with E-state index in [-0.39, 0.29) is 11.7 Å². The second-order valence-corrected chi connectivity index (χ2v) is 7.26. The number of halogens is 1. The van der Waals surface area contributed by atoms with Crippen LogP contribution in [0.25, 0.3) is 22.0 Å². The van der Waals surface area contributed by atoms with Gasteiger partial charge in [0.15, 0.2) is 0 Å². The molecule has 0 fully saturated rings. The van der Waals surface area contributed by atoms with E-state index < -0.39 is 0 Å². The molecule has 138 valence electrons. The van der Waals surface area contributed by atoms with Gasteiger partial charge in [0.2, 0.25) is 0 Å². The van der Waals surface area contributed by atoms with Gasteiger partial charge in [-0.15, -0.1) is 0 Å². The number of hydrogen-bond donors (Lipinski definition) is 1. The van der Waals surface area contributed by atoms with Gasteiger partial charge >= 0.3 is 0 Å². The average Bonchev–Trinajstić information content (AvgIpc) is 2.96. The zero-order valence-electron chi connectivity index (χ0n) is 15.4. The van der Waals surface area contributed by atoms with Gasteiger partial charge in [0.05, 0.1) is 5.69 Å². The summed E-state index contributed by atoms with van der Waals surface area (Å²) in [6.45, 7) is 1.75. The fraction of sp³-hybridized carbons (Fsp3) is 0.167. The Balaban J connectivity index is 1.60. The number of nitrogens with one attached hydrogen (secondary N) is 1. The maximum Gasteiger partial charge on any atom is 0.131 e. The van der Waals surface area contributed by atoms with Crippen LogP contribution in [0.2, 0.25) is 0 Å². The molecule has 0 spiro atoms. The molecule has 1 unspecified atom stereocenters. The Morgan fingerprint density at radius 2 is 1.93 bits per heavy atom. The first-order valence-corrected chi connectivity index (χ1v) is 9.59. The minimum Gasteiger partial charge on any atom is -0.313 e. The Morgan fingerprint density at radius 1 is 0.964 bits per heavy atom. The molecule has 1 aliphatic rings. The molecular formula is C24H20FN3. The minimum absolute atomic E-state index is 0.163. The van der Waals surface area contributed by atoms with E-state index in [9.17, 15) is 4.39 Å². The molecule has 2 heterocycles. The lowest BCUT2D eigenvalue weighted by Crippen LogP contribution is -2.12. The molecule has 0 radical (unpaired) electrons. The Morgan fingerprint density at radius 3 is 2.82 bits per heavy atom. The molecule has 5 rings (SSSR count). The number of aromatic nitrogens is 2. The standard InChI is InChI=1S/C24H20FN3/c25-23-4-1-3-16-6-7-17(14-22(16)23)21-10-12-26-15-19-13-18(8-9-20(19)21)24-5-2-11-27-28-24/h1-9,11,13-14,21,26H,10,12,15H2. The Hall–Kier alpha value is -3.11. The van der Waals surface area contributed by atoms with E-state index in [1.807, 2.05) is 30.3 Å². The smallest absolute Gasteiger partial charge is 0.131 e. The predicted octanol–water partition coefficient (Wildman–Crippen LogP) is 5.06. The maximum atomic E-state index is 14.3. The van der Waals surface area contributed by atoms with E-state index in [1.54, 1.807) is 12.3 Å². The third-order valence-corrected chi connectivity index (χ3v) is 5.57. The zero-order valence-corrected chi connectivity index (χ0v) is 15.4. The van der Waals surface area contributed by atoms with E-state index in [2.05, 4.69) is 39.8 Å².